The van der Waals surface area contributed by atoms with Gasteiger partial charge in [-0.05, 0) is 49.4 Å². The highest BCUT2D eigenvalue weighted by atomic mass is 32.2. The molecule has 9 nitrogen and oxygen atoms in total. The van der Waals surface area contributed by atoms with E-state index in [2.05, 4.69) is 10.3 Å². The highest BCUT2D eigenvalue weighted by Crippen LogP contribution is 2.45. The van der Waals surface area contributed by atoms with E-state index < -0.39 is 22.9 Å². The molecule has 0 bridgehead atoms. The van der Waals surface area contributed by atoms with Gasteiger partial charge in [0.2, 0.25) is 0 Å². The van der Waals surface area contributed by atoms with Crippen LogP contribution in [-0.4, -0.2) is 65.5 Å². The van der Waals surface area contributed by atoms with Gasteiger partial charge in [0.15, 0.2) is 9.84 Å². The van der Waals surface area contributed by atoms with E-state index in [9.17, 15) is 17.2 Å². The van der Waals surface area contributed by atoms with Gasteiger partial charge in [-0.15, -0.1) is 5.10 Å². The van der Waals surface area contributed by atoms with Crippen LogP contribution in [0.4, 0.5) is 8.78 Å². The van der Waals surface area contributed by atoms with Crippen LogP contribution in [0.1, 0.15) is 30.1 Å². The van der Waals surface area contributed by atoms with Crippen LogP contribution in [0.15, 0.2) is 59.6 Å². The topological polar surface area (TPSA) is 101 Å². The first-order valence-corrected chi connectivity index (χ1v) is 15.6. The van der Waals surface area contributed by atoms with E-state index in [4.69, 9.17) is 14.5 Å². The third kappa shape index (κ3) is 5.02. The molecule has 220 valence electrons. The van der Waals surface area contributed by atoms with Gasteiger partial charge < -0.3 is 14.0 Å². The normalized spacial score (nSPS) is 15.6. The molecular weight excluding hydrogens is 564 g/mol. The van der Waals surface area contributed by atoms with Gasteiger partial charge in [-0.3, -0.25) is 4.98 Å². The summed E-state index contributed by atoms with van der Waals surface area (Å²) >= 11 is 0. The molecule has 1 saturated heterocycles. The number of pyridine rings is 1. The summed E-state index contributed by atoms with van der Waals surface area (Å²) in [5.41, 5.74) is 4.70. The van der Waals surface area contributed by atoms with Crippen molar-refractivity contribution < 1.29 is 26.7 Å². The lowest BCUT2D eigenvalue weighted by Gasteiger charge is -2.33. The molecule has 42 heavy (non-hydrogen) atoms. The van der Waals surface area contributed by atoms with Gasteiger partial charge in [-0.2, -0.15) is 0 Å². The van der Waals surface area contributed by atoms with Gasteiger partial charge in [0.05, 0.1) is 44.3 Å². The van der Waals surface area contributed by atoms with Crippen LogP contribution in [0.2, 0.25) is 0 Å². The minimum atomic E-state index is -3.76. The van der Waals surface area contributed by atoms with Gasteiger partial charge in [-0.1, -0.05) is 35.5 Å². The second kappa shape index (κ2) is 11.1. The van der Waals surface area contributed by atoms with E-state index in [1.807, 2.05) is 47.9 Å². The molecule has 1 aliphatic rings. The van der Waals surface area contributed by atoms with Gasteiger partial charge in [0.1, 0.15) is 12.4 Å². The zero-order valence-electron chi connectivity index (χ0n) is 23.5. The minimum absolute atomic E-state index is 0.0767. The molecule has 0 aliphatic carbocycles. The summed E-state index contributed by atoms with van der Waals surface area (Å²) in [6.45, 7) is 2.18. The van der Waals surface area contributed by atoms with Crippen molar-refractivity contribution in [2.45, 2.75) is 37.1 Å². The van der Waals surface area contributed by atoms with Crippen LogP contribution in [0, 0.1) is 12.8 Å². The lowest BCUT2D eigenvalue weighted by Crippen LogP contribution is -2.27. The molecule has 0 radical (unpaired) electrons. The number of ether oxygens (including phenoxy) is 2. The third-order valence-corrected chi connectivity index (χ3v) is 9.00. The average Bonchev–Trinajstić information content (AvgIpc) is 3.48. The highest BCUT2D eigenvalue weighted by Gasteiger charge is 2.33. The zero-order chi connectivity index (χ0) is 29.6. The molecule has 4 heterocycles. The smallest absolute Gasteiger partial charge is 0.272 e. The number of sulfone groups is 1. The molecule has 12 heteroatoms. The number of fused-ring (bicyclic) bond motifs is 3. The number of hydrogen-bond acceptors (Lipinski definition) is 7. The first-order valence-electron chi connectivity index (χ1n) is 13.7. The molecular formula is C30H31F2N5O4S. The summed E-state index contributed by atoms with van der Waals surface area (Å²) in [7, 11) is -1.97. The summed E-state index contributed by atoms with van der Waals surface area (Å²) < 4.78 is 68.2. The van der Waals surface area contributed by atoms with Crippen molar-refractivity contribution in [3.8, 4) is 17.0 Å². The Kier molecular flexibility index (Phi) is 7.44. The SMILES string of the molecule is Cc1nnn(C)c1-c1cnc2c3c(OCC(F)F)ccc(S(C)(=O)=O)c3n([C@H](c3ccccc3)C3CCOCC3)c2c1. The summed E-state index contributed by atoms with van der Waals surface area (Å²) in [6, 6.07) is 14.4. The summed E-state index contributed by atoms with van der Waals surface area (Å²) in [4.78, 5) is 4.90. The molecule has 0 unspecified atom stereocenters. The number of halogens is 2. The maximum Gasteiger partial charge on any atom is 0.272 e. The van der Waals surface area contributed by atoms with Gasteiger partial charge in [0.25, 0.3) is 6.43 Å². The Hall–Kier alpha value is -3.90. The number of benzene rings is 2. The molecule has 6 rings (SSSR count). The zero-order valence-corrected chi connectivity index (χ0v) is 24.3. The summed E-state index contributed by atoms with van der Waals surface area (Å²) in [5.74, 6) is 0.251. The molecule has 1 fully saturated rings. The van der Waals surface area contributed by atoms with Crippen LogP contribution < -0.4 is 4.74 Å². The Morgan fingerprint density at radius 1 is 1.12 bits per heavy atom. The van der Waals surface area contributed by atoms with Crippen LogP contribution in [0.5, 0.6) is 5.75 Å². The highest BCUT2D eigenvalue weighted by molar-refractivity contribution is 7.91. The van der Waals surface area contributed by atoms with Crippen LogP contribution in [0.25, 0.3) is 33.2 Å². The minimum Gasteiger partial charge on any atom is -0.487 e. The van der Waals surface area contributed by atoms with Crippen LogP contribution >= 0.6 is 0 Å². The monoisotopic (exact) mass is 595 g/mol. The fraction of sp³-hybridized carbons (Fsp3) is 0.367. The Bertz CT molecular complexity index is 1850. The van der Waals surface area contributed by atoms with Crippen molar-refractivity contribution >= 4 is 31.8 Å². The number of aryl methyl sites for hydroxylation is 2. The third-order valence-electron chi connectivity index (χ3n) is 7.87. The van der Waals surface area contributed by atoms with E-state index in [0.717, 1.165) is 35.9 Å². The molecule has 1 atom stereocenters. The van der Waals surface area contributed by atoms with E-state index in [1.54, 1.807) is 17.9 Å². The second-order valence-electron chi connectivity index (χ2n) is 10.7. The maximum atomic E-state index is 13.3. The van der Waals surface area contributed by atoms with Crippen LogP contribution in [0.3, 0.4) is 0 Å². The molecule has 0 N–H and O–H groups in total. The first-order chi connectivity index (χ1) is 20.1. The Morgan fingerprint density at radius 3 is 2.50 bits per heavy atom. The standard InChI is InChI=1S/C30H31F2N5O4S/c1-18-28(36(2)35-34-18)21-15-22-27(33-16-21)26-23(41-17-25(31)32)9-10-24(42(3,38)39)30(26)37(22)29(19-7-5-4-6-8-19)20-11-13-40-14-12-20/h4-10,15-16,20,25,29H,11-14,17H2,1-3H3/t29-/m1/s1. The lowest BCUT2D eigenvalue weighted by molar-refractivity contribution is 0.0552. The number of rotatable bonds is 8. The van der Waals surface area contributed by atoms with Crippen molar-refractivity contribution in [2.24, 2.45) is 13.0 Å². The fourth-order valence-corrected chi connectivity index (χ4v) is 7.00. The molecule has 2 aromatic carbocycles. The molecule has 0 amide bonds. The van der Waals surface area contributed by atoms with E-state index in [-0.39, 0.29) is 22.6 Å². The number of hydrogen-bond donors (Lipinski definition) is 0. The first kappa shape index (κ1) is 28.2. The van der Waals surface area contributed by atoms with E-state index in [1.165, 1.54) is 12.1 Å². The Labute approximate surface area is 242 Å². The van der Waals surface area contributed by atoms with E-state index in [0.29, 0.717) is 40.8 Å². The summed E-state index contributed by atoms with van der Waals surface area (Å²) in [5, 5.41) is 8.71. The second-order valence-corrected chi connectivity index (χ2v) is 12.7. The number of nitrogens with zero attached hydrogens (tertiary/aromatic N) is 5. The van der Waals surface area contributed by atoms with Crippen molar-refractivity contribution in [1.82, 2.24) is 24.5 Å². The van der Waals surface area contributed by atoms with Crippen LogP contribution in [-0.2, 0) is 21.6 Å². The van der Waals surface area contributed by atoms with Crippen molar-refractivity contribution in [3.05, 3.63) is 66.0 Å². The quantitative estimate of drug-likeness (QED) is 0.238. The predicted octanol–water partition coefficient (Wildman–Crippen LogP) is 5.36. The average molecular weight is 596 g/mol. The molecule has 0 saturated carbocycles. The van der Waals surface area contributed by atoms with Crippen molar-refractivity contribution in [2.75, 3.05) is 26.1 Å². The maximum absolute atomic E-state index is 13.3. The van der Waals surface area contributed by atoms with Gasteiger partial charge in [-0.25, -0.2) is 21.9 Å². The molecule has 5 aromatic rings. The number of alkyl halides is 2. The molecule has 3 aromatic heterocycles. The largest absolute Gasteiger partial charge is 0.487 e. The number of aromatic nitrogens is 5. The van der Waals surface area contributed by atoms with Crippen molar-refractivity contribution in [1.29, 1.82) is 0 Å². The fourth-order valence-electron chi connectivity index (χ4n) is 6.13. The van der Waals surface area contributed by atoms with Gasteiger partial charge >= 0.3 is 0 Å². The Balaban J connectivity index is 1.77. The van der Waals surface area contributed by atoms with Gasteiger partial charge in [0, 0.05) is 38.3 Å². The van der Waals surface area contributed by atoms with Crippen molar-refractivity contribution in [3.63, 3.8) is 0 Å². The predicted molar refractivity (Wildman–Crippen MR) is 155 cm³/mol. The lowest BCUT2D eigenvalue weighted by atomic mass is 9.86. The Morgan fingerprint density at radius 2 is 1.86 bits per heavy atom. The molecule has 1 aliphatic heterocycles. The summed E-state index contributed by atoms with van der Waals surface area (Å²) in [6.07, 6.45) is 1.64. The van der Waals surface area contributed by atoms with E-state index >= 15 is 0 Å². The molecule has 0 spiro atoms.